The number of halogens is 2. The summed E-state index contributed by atoms with van der Waals surface area (Å²) >= 11 is 12.4. The van der Waals surface area contributed by atoms with Gasteiger partial charge in [0.2, 0.25) is 0 Å². The van der Waals surface area contributed by atoms with Crippen molar-refractivity contribution in [2.24, 2.45) is 10.7 Å². The number of rotatable bonds is 5. The number of ether oxygens (including phenoxy) is 1. The summed E-state index contributed by atoms with van der Waals surface area (Å²) in [5, 5.41) is 9.08. The second kappa shape index (κ2) is 7.96. The zero-order valence-electron chi connectivity index (χ0n) is 13.6. The number of amidine groups is 1. The van der Waals surface area contributed by atoms with Crippen molar-refractivity contribution in [2.45, 2.75) is 25.4 Å². The van der Waals surface area contributed by atoms with E-state index in [0.717, 1.165) is 5.56 Å². The van der Waals surface area contributed by atoms with Crippen LogP contribution < -0.4 is 5.73 Å². The zero-order valence-corrected chi connectivity index (χ0v) is 15.1. The second-order valence-electron chi connectivity index (χ2n) is 5.58. The molecule has 130 valence electrons. The van der Waals surface area contributed by atoms with Crippen LogP contribution in [0.3, 0.4) is 0 Å². The Balaban J connectivity index is 2.28. The Morgan fingerprint density at radius 2 is 2.25 bits per heavy atom. The Labute approximate surface area is 151 Å². The fourth-order valence-electron chi connectivity index (χ4n) is 2.82. The monoisotopic (exact) mass is 370 g/mol. The summed E-state index contributed by atoms with van der Waals surface area (Å²) in [5.74, 6) is -0.262. The molecule has 0 saturated carbocycles. The van der Waals surface area contributed by atoms with Crippen molar-refractivity contribution in [3.63, 3.8) is 0 Å². The van der Waals surface area contributed by atoms with Gasteiger partial charge in [-0.1, -0.05) is 23.2 Å². The van der Waals surface area contributed by atoms with Crippen molar-refractivity contribution in [3.8, 4) is 0 Å². The van der Waals surface area contributed by atoms with Crippen molar-refractivity contribution in [1.29, 1.82) is 5.41 Å². The highest BCUT2D eigenvalue weighted by Gasteiger charge is 2.32. The molecule has 2 rings (SSSR count). The summed E-state index contributed by atoms with van der Waals surface area (Å²) in [6.45, 7) is 3.19. The highest BCUT2D eigenvalue weighted by Crippen LogP contribution is 2.32. The standard InChI is InChI=1S/C16H20Cl2N4O2/c1-9(11-7-10(17)3-4-12(11)18)22-6-5-21-15(20)14(22)8-13(19)16(23)24-2/h3-4,7,9,14,19H,5-6,8H2,1-2H3,(H2,20,21). The molecule has 0 spiro atoms. The highest BCUT2D eigenvalue weighted by molar-refractivity contribution is 6.35. The van der Waals surface area contributed by atoms with Gasteiger partial charge in [-0.05, 0) is 30.7 Å². The molecule has 0 bridgehead atoms. The van der Waals surface area contributed by atoms with Crippen LogP contribution in [-0.2, 0) is 9.53 Å². The Morgan fingerprint density at radius 1 is 1.54 bits per heavy atom. The number of hydrogen-bond acceptors (Lipinski definition) is 6. The average Bonchev–Trinajstić information content (AvgIpc) is 2.57. The van der Waals surface area contributed by atoms with E-state index in [4.69, 9.17) is 34.3 Å². The van der Waals surface area contributed by atoms with Crippen LogP contribution in [0.1, 0.15) is 24.9 Å². The molecule has 1 aliphatic heterocycles. The van der Waals surface area contributed by atoms with Crippen LogP contribution in [0, 0.1) is 5.41 Å². The number of hydrogen-bond donors (Lipinski definition) is 2. The van der Waals surface area contributed by atoms with Crippen molar-refractivity contribution in [3.05, 3.63) is 33.8 Å². The van der Waals surface area contributed by atoms with Gasteiger partial charge in [0.1, 0.15) is 11.5 Å². The first kappa shape index (κ1) is 18.7. The molecule has 0 aliphatic carbocycles. The Hall–Kier alpha value is -1.63. The van der Waals surface area contributed by atoms with Crippen LogP contribution >= 0.6 is 23.2 Å². The van der Waals surface area contributed by atoms with Gasteiger partial charge in [0.15, 0.2) is 0 Å². The summed E-state index contributed by atoms with van der Waals surface area (Å²) in [7, 11) is 1.25. The molecule has 0 radical (unpaired) electrons. The summed E-state index contributed by atoms with van der Waals surface area (Å²) in [5.41, 5.74) is 6.77. The number of nitrogens with zero attached hydrogens (tertiary/aromatic N) is 2. The van der Waals surface area contributed by atoms with Gasteiger partial charge in [0.25, 0.3) is 0 Å². The van der Waals surface area contributed by atoms with Gasteiger partial charge in [-0.15, -0.1) is 0 Å². The molecule has 0 amide bonds. The van der Waals surface area contributed by atoms with Gasteiger partial charge in [-0.2, -0.15) is 0 Å². The number of carbonyl (C=O) groups excluding carboxylic acids is 1. The lowest BCUT2D eigenvalue weighted by molar-refractivity contribution is -0.133. The van der Waals surface area contributed by atoms with Gasteiger partial charge in [-0.3, -0.25) is 15.3 Å². The summed E-state index contributed by atoms with van der Waals surface area (Å²) in [4.78, 5) is 17.9. The van der Waals surface area contributed by atoms with E-state index >= 15 is 0 Å². The lowest BCUT2D eigenvalue weighted by Gasteiger charge is -2.38. The van der Waals surface area contributed by atoms with Gasteiger partial charge >= 0.3 is 5.97 Å². The third kappa shape index (κ3) is 4.06. The fraction of sp³-hybridized carbons (Fsp3) is 0.438. The minimum absolute atomic E-state index is 0.0966. The van der Waals surface area contributed by atoms with Crippen LogP contribution in [0.2, 0.25) is 10.0 Å². The molecule has 3 N–H and O–H groups in total. The molecule has 8 heteroatoms. The molecular formula is C16H20Cl2N4O2. The van der Waals surface area contributed by atoms with Gasteiger partial charge in [0.05, 0.1) is 19.7 Å². The molecule has 1 heterocycles. The molecule has 1 aromatic carbocycles. The van der Waals surface area contributed by atoms with E-state index in [1.54, 1.807) is 12.1 Å². The SMILES string of the molecule is COC(=O)C(=N)CC1C(N)=NCCN1C(C)c1cc(Cl)ccc1Cl. The van der Waals surface area contributed by atoms with Gasteiger partial charge in [-0.25, -0.2) is 4.79 Å². The molecule has 0 saturated heterocycles. The average molecular weight is 371 g/mol. The molecule has 2 atom stereocenters. The molecule has 2 unspecified atom stereocenters. The van der Waals surface area contributed by atoms with E-state index < -0.39 is 5.97 Å². The van der Waals surface area contributed by atoms with E-state index in [0.29, 0.717) is 29.0 Å². The third-order valence-electron chi connectivity index (χ3n) is 4.13. The normalized spacial score (nSPS) is 19.5. The van der Waals surface area contributed by atoms with Crippen molar-refractivity contribution in [2.75, 3.05) is 20.2 Å². The number of esters is 1. The smallest absolute Gasteiger partial charge is 0.351 e. The maximum atomic E-state index is 11.6. The first-order chi connectivity index (χ1) is 11.3. The molecule has 0 aromatic heterocycles. The number of benzene rings is 1. The summed E-state index contributed by atoms with van der Waals surface area (Å²) in [6.07, 6.45) is 0.129. The maximum Gasteiger partial charge on any atom is 0.351 e. The maximum absolute atomic E-state index is 11.6. The quantitative estimate of drug-likeness (QED) is 0.615. The lowest BCUT2D eigenvalue weighted by atomic mass is 9.99. The first-order valence-corrected chi connectivity index (χ1v) is 8.27. The van der Waals surface area contributed by atoms with Crippen LogP contribution in [0.5, 0.6) is 0 Å². The summed E-state index contributed by atoms with van der Waals surface area (Å²) in [6, 6.07) is 4.84. The highest BCUT2D eigenvalue weighted by atomic mass is 35.5. The largest absolute Gasteiger partial charge is 0.465 e. The Bertz CT molecular complexity index is 678. The van der Waals surface area contributed by atoms with Crippen LogP contribution in [0.4, 0.5) is 0 Å². The van der Waals surface area contributed by atoms with Gasteiger partial charge < -0.3 is 10.5 Å². The minimum Gasteiger partial charge on any atom is -0.465 e. The van der Waals surface area contributed by atoms with E-state index in [-0.39, 0.29) is 24.2 Å². The third-order valence-corrected chi connectivity index (χ3v) is 4.71. The molecule has 0 fully saturated rings. The summed E-state index contributed by atoms with van der Waals surface area (Å²) < 4.78 is 4.60. The van der Waals surface area contributed by atoms with Crippen LogP contribution in [0.15, 0.2) is 23.2 Å². The topological polar surface area (TPSA) is 91.8 Å². The number of aliphatic imine (C=N–C) groups is 1. The van der Waals surface area contributed by atoms with Crippen LogP contribution in [0.25, 0.3) is 0 Å². The molecule has 1 aliphatic rings. The first-order valence-electron chi connectivity index (χ1n) is 7.51. The van der Waals surface area contributed by atoms with E-state index in [9.17, 15) is 4.79 Å². The Morgan fingerprint density at radius 3 is 2.92 bits per heavy atom. The predicted octanol–water partition coefficient (Wildman–Crippen LogP) is 2.68. The van der Waals surface area contributed by atoms with Crippen LogP contribution in [-0.4, -0.2) is 48.7 Å². The fourth-order valence-corrected chi connectivity index (χ4v) is 3.28. The number of carbonyl (C=O) groups is 1. The molecule has 6 nitrogen and oxygen atoms in total. The molecule has 24 heavy (non-hydrogen) atoms. The second-order valence-corrected chi connectivity index (χ2v) is 6.42. The predicted molar refractivity (Wildman–Crippen MR) is 96.2 cm³/mol. The molecule has 1 aromatic rings. The molecular weight excluding hydrogens is 351 g/mol. The number of methoxy groups -OCH3 is 1. The van der Waals surface area contributed by atoms with E-state index in [2.05, 4.69) is 14.6 Å². The van der Waals surface area contributed by atoms with Crippen molar-refractivity contribution in [1.82, 2.24) is 4.90 Å². The van der Waals surface area contributed by atoms with E-state index in [1.807, 2.05) is 13.0 Å². The zero-order chi connectivity index (χ0) is 17.9. The lowest BCUT2D eigenvalue weighted by Crippen LogP contribution is -2.51. The number of nitrogens with one attached hydrogen (secondary N) is 1. The Kier molecular flexibility index (Phi) is 6.21. The van der Waals surface area contributed by atoms with Crippen molar-refractivity contribution >= 4 is 40.7 Å². The number of nitrogens with two attached hydrogens (primary N) is 1. The minimum atomic E-state index is -0.665. The van der Waals surface area contributed by atoms with E-state index in [1.165, 1.54) is 7.11 Å². The van der Waals surface area contributed by atoms with Crippen molar-refractivity contribution < 1.29 is 9.53 Å². The van der Waals surface area contributed by atoms with Gasteiger partial charge in [0, 0.05) is 29.1 Å².